The molecular weight excluding hydrogens is 440 g/mol. The number of phenolic OH excluding ortho intramolecular Hbond substituents is 1. The molecule has 0 aliphatic carbocycles. The zero-order valence-corrected chi connectivity index (χ0v) is 20.2. The van der Waals surface area contributed by atoms with Gasteiger partial charge in [0.25, 0.3) is 0 Å². The predicted octanol–water partition coefficient (Wildman–Crippen LogP) is 5.04. The van der Waals surface area contributed by atoms with Gasteiger partial charge in [-0.25, -0.2) is 0 Å². The van der Waals surface area contributed by atoms with Crippen molar-refractivity contribution < 1.29 is 19.4 Å². The topological polar surface area (TPSA) is 62.2 Å². The number of para-hydroxylation sites is 2. The Hall–Kier alpha value is -3.77. The molecule has 0 saturated carbocycles. The van der Waals surface area contributed by atoms with Crippen LogP contribution in [0.5, 0.6) is 17.2 Å². The molecule has 2 aliphatic rings. The Bertz CT molecular complexity index is 1260. The number of nitrogens with zero attached hydrogens (tertiary/aromatic N) is 2. The molecule has 2 heterocycles. The third-order valence-corrected chi connectivity index (χ3v) is 6.60. The molecule has 0 radical (unpaired) electrons. The molecule has 2 aliphatic heterocycles. The number of anilines is 1. The first-order valence-corrected chi connectivity index (χ1v) is 12.1. The van der Waals surface area contributed by atoms with E-state index >= 15 is 0 Å². The number of phenols is 1. The van der Waals surface area contributed by atoms with Crippen LogP contribution >= 0.6 is 0 Å². The molecule has 1 N–H and O–H groups in total. The van der Waals surface area contributed by atoms with Gasteiger partial charge in [-0.05, 0) is 49.8 Å². The highest BCUT2D eigenvalue weighted by Gasteiger charge is 2.34. The van der Waals surface area contributed by atoms with Crippen molar-refractivity contribution in [3.8, 4) is 17.2 Å². The standard InChI is InChI=1S/C29H30N2O4/c1-3-34-25-12-8-7-9-21(25)18-26-28(33)27-20(2)17-24(32)23(29(27)35-26)19-30-13-15-31(16-14-30)22-10-5-4-6-11-22/h4-12,17-18,32H,3,13-16,19H2,1-2H3/b26-18-. The van der Waals surface area contributed by atoms with E-state index < -0.39 is 0 Å². The summed E-state index contributed by atoms with van der Waals surface area (Å²) in [5.41, 5.74) is 3.91. The first-order valence-electron chi connectivity index (χ1n) is 12.1. The lowest BCUT2D eigenvalue weighted by molar-refractivity contribution is 0.101. The summed E-state index contributed by atoms with van der Waals surface area (Å²) in [6, 6.07) is 19.7. The molecule has 0 spiro atoms. The molecular formula is C29H30N2O4. The van der Waals surface area contributed by atoms with Crippen LogP contribution in [0, 0.1) is 6.92 Å². The summed E-state index contributed by atoms with van der Waals surface area (Å²) in [5.74, 6) is 1.41. The molecule has 0 amide bonds. The van der Waals surface area contributed by atoms with E-state index in [4.69, 9.17) is 9.47 Å². The minimum atomic E-state index is -0.168. The summed E-state index contributed by atoms with van der Waals surface area (Å²) >= 11 is 0. The number of aryl methyl sites for hydroxylation is 1. The van der Waals surface area contributed by atoms with Crippen molar-refractivity contribution in [3.63, 3.8) is 0 Å². The fourth-order valence-corrected chi connectivity index (χ4v) is 4.79. The summed E-state index contributed by atoms with van der Waals surface area (Å²) in [6.07, 6.45) is 1.73. The minimum absolute atomic E-state index is 0.163. The fourth-order valence-electron chi connectivity index (χ4n) is 4.79. The van der Waals surface area contributed by atoms with Crippen LogP contribution in [0.25, 0.3) is 6.08 Å². The number of benzene rings is 3. The van der Waals surface area contributed by atoms with E-state index in [0.717, 1.165) is 31.7 Å². The largest absolute Gasteiger partial charge is 0.507 e. The quantitative estimate of drug-likeness (QED) is 0.510. The number of carbonyl (C=O) groups is 1. The number of ketones is 1. The van der Waals surface area contributed by atoms with Crippen molar-refractivity contribution in [1.82, 2.24) is 4.90 Å². The minimum Gasteiger partial charge on any atom is -0.507 e. The Morgan fingerprint density at radius 2 is 1.74 bits per heavy atom. The number of aromatic hydroxyl groups is 1. The van der Waals surface area contributed by atoms with Gasteiger partial charge >= 0.3 is 0 Å². The number of piperazine rings is 1. The molecule has 6 nitrogen and oxygen atoms in total. The molecule has 6 heteroatoms. The van der Waals surface area contributed by atoms with E-state index in [-0.39, 0.29) is 17.3 Å². The Labute approximate surface area is 206 Å². The van der Waals surface area contributed by atoms with Gasteiger partial charge < -0.3 is 19.5 Å². The zero-order chi connectivity index (χ0) is 24.4. The van der Waals surface area contributed by atoms with Gasteiger partial charge in [-0.1, -0.05) is 36.4 Å². The second-order valence-electron chi connectivity index (χ2n) is 8.90. The van der Waals surface area contributed by atoms with Crippen molar-refractivity contribution in [3.05, 3.63) is 88.7 Å². The van der Waals surface area contributed by atoms with Crippen LogP contribution in [-0.2, 0) is 6.54 Å². The highest BCUT2D eigenvalue weighted by atomic mass is 16.5. The Kier molecular flexibility index (Phi) is 6.47. The SMILES string of the molecule is CCOc1ccccc1/C=C1\Oc2c(CN3CCN(c4ccccc4)CC3)c(O)cc(C)c2C1=O. The Balaban J connectivity index is 1.38. The maximum Gasteiger partial charge on any atom is 0.232 e. The Morgan fingerprint density at radius 1 is 1.03 bits per heavy atom. The summed E-state index contributed by atoms with van der Waals surface area (Å²) in [4.78, 5) is 18.0. The van der Waals surface area contributed by atoms with Crippen molar-refractivity contribution in [2.75, 3.05) is 37.7 Å². The lowest BCUT2D eigenvalue weighted by atomic mass is 9.99. The van der Waals surface area contributed by atoms with Crippen molar-refractivity contribution in [2.24, 2.45) is 0 Å². The zero-order valence-electron chi connectivity index (χ0n) is 20.2. The molecule has 0 unspecified atom stereocenters. The van der Waals surface area contributed by atoms with Crippen LogP contribution in [0.15, 0.2) is 66.4 Å². The third kappa shape index (κ3) is 4.62. The van der Waals surface area contributed by atoms with Gasteiger partial charge in [-0.2, -0.15) is 0 Å². The number of hydrogen-bond donors (Lipinski definition) is 1. The van der Waals surface area contributed by atoms with E-state index in [9.17, 15) is 9.90 Å². The van der Waals surface area contributed by atoms with Gasteiger partial charge in [0, 0.05) is 44.0 Å². The van der Waals surface area contributed by atoms with Crippen LogP contribution < -0.4 is 14.4 Å². The highest BCUT2D eigenvalue weighted by molar-refractivity contribution is 6.16. The van der Waals surface area contributed by atoms with Crippen LogP contribution in [0.1, 0.15) is 34.0 Å². The highest BCUT2D eigenvalue weighted by Crippen LogP contribution is 2.42. The van der Waals surface area contributed by atoms with Crippen LogP contribution in [0.4, 0.5) is 5.69 Å². The van der Waals surface area contributed by atoms with E-state index in [1.807, 2.05) is 44.2 Å². The maximum absolute atomic E-state index is 13.3. The van der Waals surface area contributed by atoms with E-state index in [1.165, 1.54) is 5.69 Å². The molecule has 0 atom stereocenters. The van der Waals surface area contributed by atoms with E-state index in [0.29, 0.717) is 41.3 Å². The molecule has 1 saturated heterocycles. The van der Waals surface area contributed by atoms with Crippen molar-refractivity contribution in [2.45, 2.75) is 20.4 Å². The smallest absolute Gasteiger partial charge is 0.232 e. The van der Waals surface area contributed by atoms with Crippen LogP contribution in [0.2, 0.25) is 0 Å². The average Bonchev–Trinajstić information content (AvgIpc) is 3.20. The molecule has 180 valence electrons. The normalized spacial score (nSPS) is 16.9. The monoisotopic (exact) mass is 470 g/mol. The van der Waals surface area contributed by atoms with Crippen LogP contribution in [0.3, 0.4) is 0 Å². The number of Topliss-reactive ketones (excluding diaryl/α,β-unsaturated/α-hetero) is 1. The second-order valence-corrected chi connectivity index (χ2v) is 8.90. The number of carbonyl (C=O) groups excluding carboxylic acids is 1. The van der Waals surface area contributed by atoms with Crippen molar-refractivity contribution in [1.29, 1.82) is 0 Å². The molecule has 3 aromatic carbocycles. The predicted molar refractivity (Wildman–Crippen MR) is 137 cm³/mol. The number of fused-ring (bicyclic) bond motifs is 1. The number of ether oxygens (including phenoxy) is 2. The lowest BCUT2D eigenvalue weighted by Gasteiger charge is -2.36. The molecule has 1 fully saturated rings. The number of allylic oxidation sites excluding steroid dienone is 1. The van der Waals surface area contributed by atoms with Gasteiger partial charge in [0.05, 0.1) is 17.7 Å². The second kappa shape index (κ2) is 9.84. The fraction of sp³-hybridized carbons (Fsp3) is 0.276. The molecule has 3 aromatic rings. The Morgan fingerprint density at radius 3 is 2.49 bits per heavy atom. The van der Waals surface area contributed by atoms with Gasteiger partial charge in [0.1, 0.15) is 17.2 Å². The summed E-state index contributed by atoms with van der Waals surface area (Å²) in [6.45, 7) is 8.33. The van der Waals surface area contributed by atoms with Crippen LogP contribution in [-0.4, -0.2) is 48.6 Å². The lowest BCUT2D eigenvalue weighted by Crippen LogP contribution is -2.46. The van der Waals surface area contributed by atoms with Gasteiger partial charge in [-0.15, -0.1) is 0 Å². The number of rotatable bonds is 6. The maximum atomic E-state index is 13.3. The van der Waals surface area contributed by atoms with E-state index in [1.54, 1.807) is 12.1 Å². The third-order valence-electron chi connectivity index (χ3n) is 6.60. The van der Waals surface area contributed by atoms with Gasteiger partial charge in [-0.3, -0.25) is 9.69 Å². The van der Waals surface area contributed by atoms with Gasteiger partial charge in [0.2, 0.25) is 5.78 Å². The molecule has 35 heavy (non-hydrogen) atoms. The summed E-state index contributed by atoms with van der Waals surface area (Å²) in [5, 5.41) is 10.8. The van der Waals surface area contributed by atoms with Gasteiger partial charge in [0.15, 0.2) is 5.76 Å². The number of hydrogen-bond acceptors (Lipinski definition) is 6. The molecule has 0 aromatic heterocycles. The average molecular weight is 471 g/mol. The molecule has 0 bridgehead atoms. The molecule has 5 rings (SSSR count). The summed E-state index contributed by atoms with van der Waals surface area (Å²) in [7, 11) is 0. The summed E-state index contributed by atoms with van der Waals surface area (Å²) < 4.78 is 11.8. The first-order chi connectivity index (χ1) is 17.0. The van der Waals surface area contributed by atoms with E-state index in [2.05, 4.69) is 34.1 Å². The first kappa shape index (κ1) is 23.0. The van der Waals surface area contributed by atoms with Crippen molar-refractivity contribution >= 4 is 17.5 Å².